The number of rotatable bonds is 5. The molecule has 0 spiro atoms. The Balaban J connectivity index is 1.99. The predicted molar refractivity (Wildman–Crippen MR) is 96.5 cm³/mol. The molecule has 1 amide bonds. The van der Waals surface area contributed by atoms with Crippen LogP contribution in [0.4, 0.5) is 5.69 Å². The van der Waals surface area contributed by atoms with Crippen molar-refractivity contribution in [3.8, 4) is 0 Å². The molecule has 0 radical (unpaired) electrons. The number of benzene rings is 1. The first kappa shape index (κ1) is 18.8. The van der Waals surface area contributed by atoms with Crippen LogP contribution in [-0.4, -0.2) is 48.1 Å². The maximum absolute atomic E-state index is 13.0. The van der Waals surface area contributed by atoms with Crippen LogP contribution in [-0.2, 0) is 19.1 Å². The molecule has 1 aromatic carbocycles. The first-order valence-electron chi connectivity index (χ1n) is 8.61. The Labute approximate surface area is 156 Å². The monoisotopic (exact) mass is 372 g/mol. The van der Waals surface area contributed by atoms with Gasteiger partial charge in [-0.3, -0.25) is 14.9 Å². The zero-order valence-electron chi connectivity index (χ0n) is 15.1. The van der Waals surface area contributed by atoms with Crippen LogP contribution in [0.15, 0.2) is 41.1 Å². The number of esters is 1. The standard InChI is InChI=1S/C19H20N2O6/c1-12-17(19(23)26-2)16(10-13-5-3-6-14(9-13)21(24)25)18(22)20(12)11-15-7-4-8-27-15/h3,5-6,9-10,15H,4,7-8,11H2,1-2H3/b16-10-/t15-/m0/s1. The highest BCUT2D eigenvalue weighted by Crippen LogP contribution is 2.33. The smallest absolute Gasteiger partial charge is 0.340 e. The van der Waals surface area contributed by atoms with Crippen LogP contribution in [0, 0.1) is 10.1 Å². The molecule has 3 rings (SSSR count). The Kier molecular flexibility index (Phi) is 5.36. The van der Waals surface area contributed by atoms with Gasteiger partial charge in [0.1, 0.15) is 0 Å². The summed E-state index contributed by atoms with van der Waals surface area (Å²) < 4.78 is 10.4. The number of allylic oxidation sites excluding steroid dienone is 1. The largest absolute Gasteiger partial charge is 0.465 e. The van der Waals surface area contributed by atoms with Gasteiger partial charge < -0.3 is 14.4 Å². The highest BCUT2D eigenvalue weighted by Gasteiger charge is 2.38. The van der Waals surface area contributed by atoms with Gasteiger partial charge in [0.25, 0.3) is 11.6 Å². The number of methoxy groups -OCH3 is 1. The molecule has 0 saturated carbocycles. The van der Waals surface area contributed by atoms with Gasteiger partial charge in [0.2, 0.25) is 0 Å². The highest BCUT2D eigenvalue weighted by atomic mass is 16.6. The molecular formula is C19H20N2O6. The maximum atomic E-state index is 13.0. The highest BCUT2D eigenvalue weighted by molar-refractivity contribution is 6.16. The molecule has 1 atom stereocenters. The van der Waals surface area contributed by atoms with E-state index in [1.54, 1.807) is 13.0 Å². The Hall–Kier alpha value is -3.00. The van der Waals surface area contributed by atoms with Gasteiger partial charge in [-0.2, -0.15) is 0 Å². The summed E-state index contributed by atoms with van der Waals surface area (Å²) in [5, 5.41) is 11.0. The van der Waals surface area contributed by atoms with Crippen molar-refractivity contribution in [3.63, 3.8) is 0 Å². The minimum atomic E-state index is -0.618. The number of non-ortho nitro benzene ring substituents is 1. The van der Waals surface area contributed by atoms with E-state index in [0.29, 0.717) is 24.4 Å². The van der Waals surface area contributed by atoms with Gasteiger partial charge in [-0.25, -0.2) is 4.79 Å². The summed E-state index contributed by atoms with van der Waals surface area (Å²) in [6.07, 6.45) is 3.21. The first-order chi connectivity index (χ1) is 12.9. The number of hydrogen-bond acceptors (Lipinski definition) is 6. The second-order valence-corrected chi connectivity index (χ2v) is 6.41. The lowest BCUT2D eigenvalue weighted by atomic mass is 10.0. The third kappa shape index (κ3) is 3.75. The predicted octanol–water partition coefficient (Wildman–Crippen LogP) is 2.45. The molecule has 8 nitrogen and oxygen atoms in total. The number of amides is 1. The van der Waals surface area contributed by atoms with Gasteiger partial charge in [-0.05, 0) is 31.4 Å². The van der Waals surface area contributed by atoms with Crippen LogP contribution in [0.5, 0.6) is 0 Å². The van der Waals surface area contributed by atoms with Crippen molar-refractivity contribution in [1.29, 1.82) is 0 Å². The van der Waals surface area contributed by atoms with E-state index >= 15 is 0 Å². The van der Waals surface area contributed by atoms with Gasteiger partial charge in [0.15, 0.2) is 0 Å². The minimum absolute atomic E-state index is 0.0695. The van der Waals surface area contributed by atoms with Crippen molar-refractivity contribution in [2.24, 2.45) is 0 Å². The summed E-state index contributed by atoms with van der Waals surface area (Å²) in [5.41, 5.74) is 1.20. The van der Waals surface area contributed by atoms with E-state index in [2.05, 4.69) is 0 Å². The van der Waals surface area contributed by atoms with Gasteiger partial charge in [0.05, 0.1) is 35.8 Å². The molecule has 2 heterocycles. The summed E-state index contributed by atoms with van der Waals surface area (Å²) in [6.45, 7) is 2.71. The average Bonchev–Trinajstić information content (AvgIpc) is 3.24. The normalized spacial score (nSPS) is 21.3. The second-order valence-electron chi connectivity index (χ2n) is 6.41. The molecular weight excluding hydrogens is 352 g/mol. The average molecular weight is 372 g/mol. The summed E-state index contributed by atoms with van der Waals surface area (Å²) >= 11 is 0. The van der Waals surface area contributed by atoms with Gasteiger partial charge in [0, 0.05) is 24.4 Å². The molecule has 0 unspecified atom stereocenters. The van der Waals surface area contributed by atoms with E-state index in [1.807, 2.05) is 0 Å². The molecule has 0 aromatic heterocycles. The molecule has 0 aliphatic carbocycles. The number of nitro groups is 1. The van der Waals surface area contributed by atoms with Crippen molar-refractivity contribution < 1.29 is 24.0 Å². The summed E-state index contributed by atoms with van der Waals surface area (Å²) in [4.78, 5) is 37.3. The van der Waals surface area contributed by atoms with Crippen molar-refractivity contribution in [1.82, 2.24) is 4.90 Å². The lowest BCUT2D eigenvalue weighted by Crippen LogP contribution is -2.33. The summed E-state index contributed by atoms with van der Waals surface area (Å²) in [7, 11) is 1.25. The van der Waals surface area contributed by atoms with Crippen LogP contribution < -0.4 is 0 Å². The third-order valence-electron chi connectivity index (χ3n) is 4.70. The fourth-order valence-electron chi connectivity index (χ4n) is 3.33. The number of nitrogens with zero attached hydrogens (tertiary/aromatic N) is 2. The lowest BCUT2D eigenvalue weighted by molar-refractivity contribution is -0.384. The number of carbonyl (C=O) groups is 2. The molecule has 142 valence electrons. The van der Waals surface area contributed by atoms with Gasteiger partial charge in [-0.15, -0.1) is 0 Å². The van der Waals surface area contributed by atoms with Crippen LogP contribution in [0.1, 0.15) is 25.3 Å². The summed E-state index contributed by atoms with van der Waals surface area (Å²) in [5.74, 6) is -0.956. The van der Waals surface area contributed by atoms with Gasteiger partial charge >= 0.3 is 5.97 Å². The Morgan fingerprint density at radius 2 is 2.26 bits per heavy atom. The van der Waals surface area contributed by atoms with E-state index < -0.39 is 10.9 Å². The molecule has 2 aliphatic heterocycles. The SMILES string of the molecule is COC(=O)C1=C(C)N(C[C@@H]2CCCO2)C(=O)/C1=C\c1cccc([N+](=O)[O-])c1. The Bertz CT molecular complexity index is 852. The van der Waals surface area contributed by atoms with Crippen molar-refractivity contribution >= 4 is 23.6 Å². The molecule has 1 saturated heterocycles. The Morgan fingerprint density at radius 3 is 2.89 bits per heavy atom. The van der Waals surface area contributed by atoms with Crippen molar-refractivity contribution in [2.45, 2.75) is 25.9 Å². The summed E-state index contributed by atoms with van der Waals surface area (Å²) in [6, 6.07) is 5.89. The van der Waals surface area contributed by atoms with Gasteiger partial charge in [-0.1, -0.05) is 12.1 Å². The molecule has 2 aliphatic rings. The maximum Gasteiger partial charge on any atom is 0.340 e. The zero-order chi connectivity index (χ0) is 19.6. The quantitative estimate of drug-likeness (QED) is 0.341. The molecule has 1 fully saturated rings. The number of carbonyl (C=O) groups excluding carboxylic acids is 2. The number of ether oxygens (including phenoxy) is 2. The van der Waals surface area contributed by atoms with Crippen molar-refractivity contribution in [3.05, 3.63) is 56.8 Å². The van der Waals surface area contributed by atoms with E-state index in [9.17, 15) is 19.7 Å². The number of nitro benzene ring substituents is 1. The van der Waals surface area contributed by atoms with E-state index in [0.717, 1.165) is 12.8 Å². The zero-order valence-corrected chi connectivity index (χ0v) is 15.1. The van der Waals surface area contributed by atoms with Crippen LogP contribution in [0.25, 0.3) is 6.08 Å². The molecule has 8 heteroatoms. The lowest BCUT2D eigenvalue weighted by Gasteiger charge is -2.21. The van der Waals surface area contributed by atoms with Crippen molar-refractivity contribution in [2.75, 3.05) is 20.3 Å². The van der Waals surface area contributed by atoms with Crippen LogP contribution >= 0.6 is 0 Å². The van der Waals surface area contributed by atoms with Crippen LogP contribution in [0.3, 0.4) is 0 Å². The minimum Gasteiger partial charge on any atom is -0.465 e. The molecule has 0 bridgehead atoms. The third-order valence-corrected chi connectivity index (χ3v) is 4.70. The van der Waals surface area contributed by atoms with E-state index in [4.69, 9.17) is 9.47 Å². The number of hydrogen-bond donors (Lipinski definition) is 0. The fourth-order valence-corrected chi connectivity index (χ4v) is 3.33. The molecule has 27 heavy (non-hydrogen) atoms. The fraction of sp³-hybridized carbons (Fsp3) is 0.368. The van der Waals surface area contributed by atoms with E-state index in [1.165, 1.54) is 36.3 Å². The van der Waals surface area contributed by atoms with Crippen LogP contribution in [0.2, 0.25) is 0 Å². The second kappa shape index (κ2) is 7.71. The Morgan fingerprint density at radius 1 is 1.48 bits per heavy atom. The molecule has 0 N–H and O–H groups in total. The first-order valence-corrected chi connectivity index (χ1v) is 8.61. The topological polar surface area (TPSA) is 99.0 Å². The van der Waals surface area contributed by atoms with E-state index in [-0.39, 0.29) is 28.8 Å². The molecule has 1 aromatic rings.